The lowest BCUT2D eigenvalue weighted by Crippen LogP contribution is -2.30. The van der Waals surface area contributed by atoms with Gasteiger partial charge in [0.05, 0.1) is 5.75 Å². The molecule has 1 N–H and O–H groups in total. The topological polar surface area (TPSA) is 49.4 Å². The summed E-state index contributed by atoms with van der Waals surface area (Å²) in [6.07, 6.45) is 0. The van der Waals surface area contributed by atoms with Crippen molar-refractivity contribution in [2.24, 2.45) is 0 Å². The molecule has 0 unspecified atom stereocenters. The Bertz CT molecular complexity index is 713. The monoisotopic (exact) mass is 376 g/mol. The fraction of sp³-hybridized carbons (Fsp3) is 0.263. The summed E-state index contributed by atoms with van der Waals surface area (Å²) in [5, 5.41) is 3.51. The second kappa shape index (κ2) is 9.49. The van der Waals surface area contributed by atoms with E-state index in [1.165, 1.54) is 11.8 Å². The van der Waals surface area contributed by atoms with E-state index in [0.29, 0.717) is 35.1 Å². The van der Waals surface area contributed by atoms with Crippen molar-refractivity contribution in [3.63, 3.8) is 0 Å². The van der Waals surface area contributed by atoms with Crippen molar-refractivity contribution in [1.29, 1.82) is 0 Å². The van der Waals surface area contributed by atoms with E-state index in [9.17, 15) is 9.59 Å². The Morgan fingerprint density at radius 2 is 1.60 bits per heavy atom. The molecule has 6 heteroatoms. The number of hydrogen-bond acceptors (Lipinski definition) is 3. The van der Waals surface area contributed by atoms with Crippen LogP contribution in [0.5, 0.6) is 0 Å². The van der Waals surface area contributed by atoms with Crippen LogP contribution in [0.1, 0.15) is 24.2 Å². The van der Waals surface area contributed by atoms with Crippen LogP contribution in [0.15, 0.2) is 53.4 Å². The Balaban J connectivity index is 1.88. The molecule has 0 aromatic heterocycles. The number of carbonyl (C=O) groups is 2. The van der Waals surface area contributed by atoms with Gasteiger partial charge < -0.3 is 10.2 Å². The molecule has 0 aliphatic carbocycles. The largest absolute Gasteiger partial charge is 0.339 e. The average Bonchev–Trinajstić information content (AvgIpc) is 2.63. The van der Waals surface area contributed by atoms with Crippen molar-refractivity contribution in [1.82, 2.24) is 4.90 Å². The minimum atomic E-state index is -0.0947. The quantitative estimate of drug-likeness (QED) is 0.721. The lowest BCUT2D eigenvalue weighted by atomic mass is 10.2. The van der Waals surface area contributed by atoms with Crippen molar-refractivity contribution in [3.8, 4) is 0 Å². The molecule has 0 bridgehead atoms. The Morgan fingerprint density at radius 3 is 2.16 bits per heavy atom. The number of thioether (sulfide) groups is 1. The van der Waals surface area contributed by atoms with Gasteiger partial charge >= 0.3 is 0 Å². The second-order valence-corrected chi connectivity index (χ2v) is 6.83. The average molecular weight is 377 g/mol. The van der Waals surface area contributed by atoms with Gasteiger partial charge in [0.25, 0.3) is 5.91 Å². The van der Waals surface area contributed by atoms with Gasteiger partial charge in [0.2, 0.25) is 5.91 Å². The molecular formula is C19H21ClN2O2S. The first kappa shape index (κ1) is 19.3. The zero-order valence-corrected chi connectivity index (χ0v) is 15.9. The molecule has 0 saturated heterocycles. The predicted octanol–water partition coefficient (Wildman–Crippen LogP) is 4.55. The SMILES string of the molecule is CCN(CC)C(=O)c1ccc(NC(=O)CSc2ccc(Cl)cc2)cc1. The summed E-state index contributed by atoms with van der Waals surface area (Å²) in [5.41, 5.74) is 1.30. The van der Waals surface area contributed by atoms with Crippen molar-refractivity contribution >= 4 is 40.9 Å². The van der Waals surface area contributed by atoms with E-state index in [4.69, 9.17) is 11.6 Å². The lowest BCUT2D eigenvalue weighted by Gasteiger charge is -2.18. The minimum Gasteiger partial charge on any atom is -0.339 e. The van der Waals surface area contributed by atoms with Gasteiger partial charge in [0.15, 0.2) is 0 Å². The summed E-state index contributed by atoms with van der Waals surface area (Å²) in [7, 11) is 0. The molecule has 2 aromatic rings. The first-order chi connectivity index (χ1) is 12.0. The van der Waals surface area contributed by atoms with Gasteiger partial charge in [-0.15, -0.1) is 11.8 Å². The summed E-state index contributed by atoms with van der Waals surface area (Å²) in [6.45, 7) is 5.26. The van der Waals surface area contributed by atoms with Gasteiger partial charge in [-0.1, -0.05) is 11.6 Å². The van der Waals surface area contributed by atoms with Gasteiger partial charge in [-0.25, -0.2) is 0 Å². The summed E-state index contributed by atoms with van der Waals surface area (Å²) in [5.74, 6) is 0.214. The van der Waals surface area contributed by atoms with Gasteiger partial charge in [-0.3, -0.25) is 9.59 Å². The summed E-state index contributed by atoms with van der Waals surface area (Å²) in [4.78, 5) is 27.0. The van der Waals surface area contributed by atoms with Gasteiger partial charge in [-0.2, -0.15) is 0 Å². The maximum Gasteiger partial charge on any atom is 0.253 e. The molecule has 2 amide bonds. The molecule has 0 aliphatic heterocycles. The highest BCUT2D eigenvalue weighted by atomic mass is 35.5. The van der Waals surface area contributed by atoms with Crippen LogP contribution in [-0.4, -0.2) is 35.6 Å². The number of hydrogen-bond donors (Lipinski definition) is 1. The smallest absolute Gasteiger partial charge is 0.253 e. The molecule has 4 nitrogen and oxygen atoms in total. The van der Waals surface area contributed by atoms with E-state index in [-0.39, 0.29) is 11.8 Å². The van der Waals surface area contributed by atoms with Crippen molar-refractivity contribution in [2.45, 2.75) is 18.7 Å². The normalized spacial score (nSPS) is 10.4. The third-order valence-electron chi connectivity index (χ3n) is 3.65. The fourth-order valence-electron chi connectivity index (χ4n) is 2.27. The van der Waals surface area contributed by atoms with E-state index in [1.807, 2.05) is 26.0 Å². The zero-order valence-electron chi connectivity index (χ0n) is 14.3. The predicted molar refractivity (Wildman–Crippen MR) is 104 cm³/mol. The van der Waals surface area contributed by atoms with E-state index >= 15 is 0 Å². The lowest BCUT2D eigenvalue weighted by molar-refractivity contribution is -0.113. The van der Waals surface area contributed by atoms with Gasteiger partial charge in [0, 0.05) is 34.3 Å². The van der Waals surface area contributed by atoms with Crippen LogP contribution in [0.25, 0.3) is 0 Å². The van der Waals surface area contributed by atoms with Crippen LogP contribution in [0.4, 0.5) is 5.69 Å². The molecule has 0 spiro atoms. The van der Waals surface area contributed by atoms with Gasteiger partial charge in [-0.05, 0) is 62.4 Å². The maximum absolute atomic E-state index is 12.2. The molecule has 2 aromatic carbocycles. The number of anilines is 1. The molecule has 2 rings (SSSR count). The third-order valence-corrected chi connectivity index (χ3v) is 4.91. The number of halogens is 1. The molecule has 0 aliphatic rings. The van der Waals surface area contributed by atoms with Gasteiger partial charge in [0.1, 0.15) is 0 Å². The van der Waals surface area contributed by atoms with E-state index in [1.54, 1.807) is 41.3 Å². The Kier molecular flexibility index (Phi) is 7.34. The fourth-order valence-corrected chi connectivity index (χ4v) is 3.09. The Morgan fingerprint density at radius 1 is 1.00 bits per heavy atom. The standard InChI is InChI=1S/C19H21ClN2O2S/c1-3-22(4-2)19(24)14-5-9-16(10-6-14)21-18(23)13-25-17-11-7-15(20)8-12-17/h5-12H,3-4,13H2,1-2H3,(H,21,23). The van der Waals surface area contributed by atoms with Crippen LogP contribution in [-0.2, 0) is 4.79 Å². The third kappa shape index (κ3) is 5.80. The molecule has 0 atom stereocenters. The number of amides is 2. The number of rotatable bonds is 7. The number of benzene rings is 2. The molecule has 0 saturated carbocycles. The Hall–Kier alpha value is -1.98. The highest BCUT2D eigenvalue weighted by molar-refractivity contribution is 8.00. The zero-order chi connectivity index (χ0) is 18.2. The molecular weight excluding hydrogens is 356 g/mol. The van der Waals surface area contributed by atoms with Crippen LogP contribution in [0.3, 0.4) is 0 Å². The number of carbonyl (C=O) groups excluding carboxylic acids is 2. The number of nitrogens with one attached hydrogen (secondary N) is 1. The highest BCUT2D eigenvalue weighted by Crippen LogP contribution is 2.20. The summed E-state index contributed by atoms with van der Waals surface area (Å²) in [6, 6.07) is 14.3. The van der Waals surface area contributed by atoms with E-state index in [0.717, 1.165) is 4.90 Å². The molecule has 0 radical (unpaired) electrons. The minimum absolute atomic E-state index is 0.00108. The van der Waals surface area contributed by atoms with Crippen LogP contribution >= 0.6 is 23.4 Å². The van der Waals surface area contributed by atoms with Crippen LogP contribution < -0.4 is 5.32 Å². The van der Waals surface area contributed by atoms with E-state index < -0.39 is 0 Å². The number of nitrogens with zero attached hydrogens (tertiary/aromatic N) is 1. The molecule has 0 heterocycles. The first-order valence-electron chi connectivity index (χ1n) is 8.11. The molecule has 0 fully saturated rings. The van der Waals surface area contributed by atoms with Crippen LogP contribution in [0.2, 0.25) is 5.02 Å². The summed E-state index contributed by atoms with van der Waals surface area (Å²) < 4.78 is 0. The summed E-state index contributed by atoms with van der Waals surface area (Å²) >= 11 is 7.28. The van der Waals surface area contributed by atoms with Crippen molar-refractivity contribution < 1.29 is 9.59 Å². The Labute approximate surface area is 157 Å². The van der Waals surface area contributed by atoms with Crippen LogP contribution in [0, 0.1) is 0 Å². The second-order valence-electron chi connectivity index (χ2n) is 5.35. The first-order valence-corrected chi connectivity index (χ1v) is 9.47. The van der Waals surface area contributed by atoms with E-state index in [2.05, 4.69) is 5.32 Å². The highest BCUT2D eigenvalue weighted by Gasteiger charge is 2.12. The van der Waals surface area contributed by atoms with Crippen molar-refractivity contribution in [3.05, 3.63) is 59.1 Å². The van der Waals surface area contributed by atoms with Crippen molar-refractivity contribution in [2.75, 3.05) is 24.2 Å². The molecule has 25 heavy (non-hydrogen) atoms. The maximum atomic E-state index is 12.2. The molecule has 132 valence electrons.